The van der Waals surface area contributed by atoms with Crippen molar-refractivity contribution in [2.24, 2.45) is 0 Å². The first-order chi connectivity index (χ1) is 10.3. The van der Waals surface area contributed by atoms with Crippen LogP contribution >= 0.6 is 0 Å². The monoisotopic (exact) mass is 279 g/mol. The Labute approximate surface area is 121 Å². The van der Waals surface area contributed by atoms with E-state index in [0.717, 1.165) is 5.56 Å². The van der Waals surface area contributed by atoms with Crippen LogP contribution < -0.4 is 5.32 Å². The van der Waals surface area contributed by atoms with Crippen LogP contribution in [0.15, 0.2) is 61.2 Å². The zero-order chi connectivity index (χ0) is 14.5. The van der Waals surface area contributed by atoms with E-state index in [1.54, 1.807) is 29.2 Å². The van der Waals surface area contributed by atoms with Gasteiger partial charge in [-0.1, -0.05) is 30.3 Å². The van der Waals surface area contributed by atoms with Crippen molar-refractivity contribution in [2.45, 2.75) is 6.42 Å². The van der Waals surface area contributed by atoms with Crippen LogP contribution in [0.4, 0.5) is 5.82 Å². The molecule has 0 bridgehead atoms. The third-order valence-corrected chi connectivity index (χ3v) is 2.87. The smallest absolute Gasteiger partial charge is 0.229 e. The third kappa shape index (κ3) is 3.30. The van der Waals surface area contributed by atoms with Gasteiger partial charge in [-0.25, -0.2) is 14.6 Å². The summed E-state index contributed by atoms with van der Waals surface area (Å²) in [6.07, 6.45) is 5.14. The summed E-state index contributed by atoms with van der Waals surface area (Å²) in [5.74, 6) is 1.04. The van der Waals surface area contributed by atoms with E-state index in [1.807, 2.05) is 30.3 Å². The minimum Gasteiger partial charge on any atom is -0.309 e. The van der Waals surface area contributed by atoms with E-state index in [4.69, 9.17) is 0 Å². The predicted molar refractivity (Wildman–Crippen MR) is 77.9 cm³/mol. The fourth-order valence-corrected chi connectivity index (χ4v) is 1.91. The topological polar surface area (TPSA) is 72.7 Å². The molecule has 2 aromatic heterocycles. The molecule has 1 aromatic carbocycles. The van der Waals surface area contributed by atoms with Crippen molar-refractivity contribution in [3.63, 3.8) is 0 Å². The highest BCUT2D eigenvalue weighted by molar-refractivity contribution is 5.91. The first-order valence-corrected chi connectivity index (χ1v) is 6.47. The number of benzene rings is 1. The maximum absolute atomic E-state index is 11.9. The van der Waals surface area contributed by atoms with Crippen LogP contribution in [0.1, 0.15) is 5.56 Å². The molecule has 0 aliphatic rings. The number of nitrogens with one attached hydrogen (secondary N) is 1. The van der Waals surface area contributed by atoms with Crippen LogP contribution in [0.2, 0.25) is 0 Å². The second-order valence-electron chi connectivity index (χ2n) is 4.42. The molecule has 0 aliphatic carbocycles. The molecule has 0 radical (unpaired) electrons. The van der Waals surface area contributed by atoms with Crippen LogP contribution in [0.5, 0.6) is 0 Å². The number of anilines is 1. The molecule has 0 saturated carbocycles. The normalized spacial score (nSPS) is 10.3. The molecule has 21 heavy (non-hydrogen) atoms. The Morgan fingerprint density at radius 2 is 2.00 bits per heavy atom. The van der Waals surface area contributed by atoms with Gasteiger partial charge in [-0.2, -0.15) is 0 Å². The van der Waals surface area contributed by atoms with Crippen LogP contribution in [-0.4, -0.2) is 25.7 Å². The molecular weight excluding hydrogens is 266 g/mol. The lowest BCUT2D eigenvalue weighted by atomic mass is 10.1. The lowest BCUT2D eigenvalue weighted by molar-refractivity contribution is -0.115. The van der Waals surface area contributed by atoms with E-state index in [1.165, 1.54) is 6.33 Å². The quantitative estimate of drug-likeness (QED) is 0.791. The van der Waals surface area contributed by atoms with E-state index in [0.29, 0.717) is 18.1 Å². The van der Waals surface area contributed by atoms with Crippen molar-refractivity contribution < 1.29 is 4.79 Å². The Morgan fingerprint density at radius 3 is 2.76 bits per heavy atom. The van der Waals surface area contributed by atoms with Gasteiger partial charge in [-0.3, -0.25) is 4.79 Å². The van der Waals surface area contributed by atoms with Gasteiger partial charge >= 0.3 is 0 Å². The average molecular weight is 279 g/mol. The minimum absolute atomic E-state index is 0.103. The number of carbonyl (C=O) groups excluding carboxylic acids is 1. The first-order valence-electron chi connectivity index (χ1n) is 6.47. The number of amides is 1. The lowest BCUT2D eigenvalue weighted by Gasteiger charge is -2.02. The van der Waals surface area contributed by atoms with Crippen LogP contribution in [0.25, 0.3) is 5.82 Å². The van der Waals surface area contributed by atoms with Crippen molar-refractivity contribution in [1.82, 2.24) is 19.7 Å². The van der Waals surface area contributed by atoms with E-state index in [-0.39, 0.29) is 5.91 Å². The molecule has 0 unspecified atom stereocenters. The van der Waals surface area contributed by atoms with Gasteiger partial charge in [0, 0.05) is 24.5 Å². The Kier molecular flexibility index (Phi) is 3.68. The molecule has 1 N–H and O–H groups in total. The molecule has 6 heteroatoms. The van der Waals surface area contributed by atoms with E-state index in [2.05, 4.69) is 20.4 Å². The van der Waals surface area contributed by atoms with Crippen molar-refractivity contribution in [3.05, 3.63) is 66.7 Å². The van der Waals surface area contributed by atoms with Gasteiger partial charge in [0.15, 0.2) is 11.6 Å². The summed E-state index contributed by atoms with van der Waals surface area (Å²) in [7, 11) is 0. The summed E-state index contributed by atoms with van der Waals surface area (Å²) in [4.78, 5) is 19.9. The Morgan fingerprint density at radius 1 is 1.14 bits per heavy atom. The van der Waals surface area contributed by atoms with Gasteiger partial charge in [0.2, 0.25) is 5.91 Å². The zero-order valence-corrected chi connectivity index (χ0v) is 11.2. The molecular formula is C15H13N5O. The minimum atomic E-state index is -0.103. The SMILES string of the molecule is O=C(Cc1ccccc1)Nc1ccn(-c2ccncn2)n1. The second-order valence-corrected chi connectivity index (χ2v) is 4.42. The first kappa shape index (κ1) is 13.0. The van der Waals surface area contributed by atoms with Crippen molar-refractivity contribution >= 4 is 11.7 Å². The Hall–Kier alpha value is -3.02. The number of rotatable bonds is 4. The standard InChI is InChI=1S/C15H13N5O/c21-15(10-12-4-2-1-3-5-12)18-13-7-9-20(19-13)14-6-8-16-11-17-14/h1-9,11H,10H2,(H,18,19,21). The molecule has 104 valence electrons. The summed E-state index contributed by atoms with van der Waals surface area (Å²) in [6.45, 7) is 0. The molecule has 0 aliphatic heterocycles. The Balaban J connectivity index is 1.66. The maximum Gasteiger partial charge on any atom is 0.229 e. The maximum atomic E-state index is 11.9. The highest BCUT2D eigenvalue weighted by Crippen LogP contribution is 2.08. The lowest BCUT2D eigenvalue weighted by Crippen LogP contribution is -2.15. The van der Waals surface area contributed by atoms with Gasteiger partial charge in [0.1, 0.15) is 6.33 Å². The second kappa shape index (κ2) is 5.96. The summed E-state index contributed by atoms with van der Waals surface area (Å²) in [5, 5.41) is 7.02. The molecule has 0 fully saturated rings. The van der Waals surface area contributed by atoms with Gasteiger partial charge in [0.25, 0.3) is 0 Å². The molecule has 0 atom stereocenters. The average Bonchev–Trinajstić information content (AvgIpc) is 2.97. The van der Waals surface area contributed by atoms with Crippen LogP contribution in [0.3, 0.4) is 0 Å². The highest BCUT2D eigenvalue weighted by Gasteiger charge is 2.07. The predicted octanol–water partition coefficient (Wildman–Crippen LogP) is 1.84. The largest absolute Gasteiger partial charge is 0.309 e. The van der Waals surface area contributed by atoms with Crippen LogP contribution in [0, 0.1) is 0 Å². The van der Waals surface area contributed by atoms with E-state index >= 15 is 0 Å². The van der Waals surface area contributed by atoms with Crippen LogP contribution in [-0.2, 0) is 11.2 Å². The molecule has 3 aromatic rings. The molecule has 0 spiro atoms. The van der Waals surface area contributed by atoms with Crippen molar-refractivity contribution in [2.75, 3.05) is 5.32 Å². The van der Waals surface area contributed by atoms with Gasteiger partial charge in [-0.05, 0) is 5.56 Å². The molecule has 1 amide bonds. The fourth-order valence-electron chi connectivity index (χ4n) is 1.91. The molecule has 2 heterocycles. The number of aromatic nitrogens is 4. The third-order valence-electron chi connectivity index (χ3n) is 2.87. The van der Waals surface area contributed by atoms with Gasteiger partial charge in [-0.15, -0.1) is 5.10 Å². The molecule has 0 saturated heterocycles. The summed E-state index contributed by atoms with van der Waals surface area (Å²) >= 11 is 0. The molecule has 3 rings (SSSR count). The number of nitrogens with zero attached hydrogens (tertiary/aromatic N) is 4. The summed E-state index contributed by atoms with van der Waals surface area (Å²) < 4.78 is 1.58. The highest BCUT2D eigenvalue weighted by atomic mass is 16.1. The molecule has 6 nitrogen and oxygen atoms in total. The number of hydrogen-bond donors (Lipinski definition) is 1. The van der Waals surface area contributed by atoms with Gasteiger partial charge in [0.05, 0.1) is 6.42 Å². The summed E-state index contributed by atoms with van der Waals surface area (Å²) in [6, 6.07) is 13.0. The number of carbonyl (C=O) groups is 1. The number of hydrogen-bond acceptors (Lipinski definition) is 4. The Bertz CT molecular complexity index is 724. The van der Waals surface area contributed by atoms with Crippen molar-refractivity contribution in [1.29, 1.82) is 0 Å². The van der Waals surface area contributed by atoms with E-state index in [9.17, 15) is 4.79 Å². The zero-order valence-electron chi connectivity index (χ0n) is 11.2. The summed E-state index contributed by atoms with van der Waals surface area (Å²) in [5.41, 5.74) is 0.963. The fraction of sp³-hybridized carbons (Fsp3) is 0.0667. The van der Waals surface area contributed by atoms with Gasteiger partial charge < -0.3 is 5.32 Å². The van der Waals surface area contributed by atoms with Crippen molar-refractivity contribution in [3.8, 4) is 5.82 Å². The van der Waals surface area contributed by atoms with E-state index < -0.39 is 0 Å².